The number of hydrogen-bond acceptors (Lipinski definition) is 2. The summed E-state index contributed by atoms with van der Waals surface area (Å²) < 4.78 is 6.09. The lowest BCUT2D eigenvalue weighted by Crippen LogP contribution is -2.53. The third-order valence-electron chi connectivity index (χ3n) is 4.32. The molecule has 1 saturated carbocycles. The van der Waals surface area contributed by atoms with Gasteiger partial charge in [-0.2, -0.15) is 0 Å². The molecule has 4 unspecified atom stereocenters. The van der Waals surface area contributed by atoms with Crippen molar-refractivity contribution in [2.24, 2.45) is 11.8 Å². The Labute approximate surface area is 93.0 Å². The van der Waals surface area contributed by atoms with Crippen molar-refractivity contribution in [3.63, 3.8) is 0 Å². The second-order valence-electron chi connectivity index (χ2n) is 5.79. The number of aliphatic hydroxyl groups is 1. The van der Waals surface area contributed by atoms with Crippen LogP contribution in [0.2, 0.25) is 0 Å². The lowest BCUT2D eigenvalue weighted by atomic mass is 9.69. The minimum atomic E-state index is -0.496. The molecular weight excluding hydrogens is 188 g/mol. The van der Waals surface area contributed by atoms with E-state index in [-0.39, 0.29) is 6.10 Å². The largest absolute Gasteiger partial charge is 0.390 e. The number of rotatable bonds is 1. The minimum absolute atomic E-state index is 0.270. The second kappa shape index (κ2) is 4.06. The van der Waals surface area contributed by atoms with Gasteiger partial charge in [0.05, 0.1) is 17.8 Å². The van der Waals surface area contributed by atoms with Gasteiger partial charge in [0.25, 0.3) is 0 Å². The van der Waals surface area contributed by atoms with Gasteiger partial charge in [0.1, 0.15) is 0 Å². The summed E-state index contributed by atoms with van der Waals surface area (Å²) in [7, 11) is 0. The van der Waals surface area contributed by atoms with Crippen molar-refractivity contribution in [1.82, 2.24) is 0 Å². The van der Waals surface area contributed by atoms with E-state index >= 15 is 0 Å². The molecule has 0 aromatic heterocycles. The molecule has 0 aromatic rings. The van der Waals surface area contributed by atoms with Gasteiger partial charge in [0.15, 0.2) is 0 Å². The molecule has 1 aliphatic carbocycles. The van der Waals surface area contributed by atoms with E-state index in [1.807, 2.05) is 6.92 Å². The Morgan fingerprint density at radius 2 is 2.13 bits per heavy atom. The van der Waals surface area contributed by atoms with E-state index in [1.165, 1.54) is 6.42 Å². The molecule has 0 aromatic carbocycles. The molecule has 1 aliphatic heterocycles. The molecule has 2 heteroatoms. The topological polar surface area (TPSA) is 29.5 Å². The highest BCUT2D eigenvalue weighted by molar-refractivity contribution is 4.96. The molecule has 1 N–H and O–H groups in total. The second-order valence-corrected chi connectivity index (χ2v) is 5.79. The van der Waals surface area contributed by atoms with Crippen molar-refractivity contribution >= 4 is 0 Å². The molecule has 0 spiro atoms. The zero-order valence-corrected chi connectivity index (χ0v) is 10.2. The first kappa shape index (κ1) is 11.4. The predicted octanol–water partition coefficient (Wildman–Crippen LogP) is 2.74. The van der Waals surface area contributed by atoms with Crippen molar-refractivity contribution in [1.29, 1.82) is 0 Å². The zero-order chi connectivity index (χ0) is 11.1. The highest BCUT2D eigenvalue weighted by Crippen LogP contribution is 2.44. The summed E-state index contributed by atoms with van der Waals surface area (Å²) in [5.74, 6) is 1.13. The Balaban J connectivity index is 2.10. The van der Waals surface area contributed by atoms with E-state index < -0.39 is 5.60 Å². The van der Waals surface area contributed by atoms with Crippen LogP contribution in [0.4, 0.5) is 0 Å². The first-order valence-electron chi connectivity index (χ1n) is 6.40. The lowest BCUT2D eigenvalue weighted by molar-refractivity contribution is -0.195. The van der Waals surface area contributed by atoms with Gasteiger partial charge in [-0.05, 0) is 32.1 Å². The van der Waals surface area contributed by atoms with Crippen LogP contribution < -0.4 is 0 Å². The monoisotopic (exact) mass is 212 g/mol. The zero-order valence-electron chi connectivity index (χ0n) is 10.2. The van der Waals surface area contributed by atoms with Crippen molar-refractivity contribution < 1.29 is 9.84 Å². The molecule has 2 nitrogen and oxygen atoms in total. The minimum Gasteiger partial charge on any atom is -0.390 e. The van der Waals surface area contributed by atoms with Crippen LogP contribution in [0.1, 0.15) is 52.9 Å². The molecule has 1 saturated heterocycles. The number of hydrogen-bond donors (Lipinski definition) is 1. The number of ether oxygens (including phenoxy) is 1. The molecule has 2 rings (SSSR count). The summed E-state index contributed by atoms with van der Waals surface area (Å²) in [6, 6.07) is 0. The van der Waals surface area contributed by atoms with E-state index in [0.717, 1.165) is 31.6 Å². The van der Waals surface area contributed by atoms with Crippen LogP contribution in [0.5, 0.6) is 0 Å². The Bertz CT molecular complexity index is 225. The smallest absolute Gasteiger partial charge is 0.0697 e. The van der Waals surface area contributed by atoms with E-state index in [9.17, 15) is 5.11 Å². The van der Waals surface area contributed by atoms with Crippen molar-refractivity contribution in [3.8, 4) is 0 Å². The maximum atomic E-state index is 10.5. The van der Waals surface area contributed by atoms with Crippen molar-refractivity contribution in [3.05, 3.63) is 0 Å². The normalized spacial score (nSPS) is 51.2. The van der Waals surface area contributed by atoms with Gasteiger partial charge in [-0.15, -0.1) is 0 Å². The summed E-state index contributed by atoms with van der Waals surface area (Å²) in [4.78, 5) is 0. The maximum Gasteiger partial charge on any atom is 0.0697 e. The van der Waals surface area contributed by atoms with Gasteiger partial charge in [0.2, 0.25) is 0 Å². The third kappa shape index (κ3) is 2.21. The molecule has 1 heterocycles. The van der Waals surface area contributed by atoms with Gasteiger partial charge in [-0.3, -0.25) is 0 Å². The van der Waals surface area contributed by atoms with Gasteiger partial charge in [-0.25, -0.2) is 0 Å². The molecular formula is C13H24O2. The highest BCUT2D eigenvalue weighted by atomic mass is 16.5. The molecule has 2 aliphatic rings. The molecule has 15 heavy (non-hydrogen) atoms. The molecule has 0 radical (unpaired) electrons. The SMILES string of the molecule is CCC1C[C@@](C)(O)C2CCC(C)CC2O1. The average molecular weight is 212 g/mol. The van der Waals surface area contributed by atoms with E-state index in [4.69, 9.17) is 4.74 Å². The Kier molecular flexibility index (Phi) is 3.09. The van der Waals surface area contributed by atoms with Crippen LogP contribution in [0.3, 0.4) is 0 Å². The van der Waals surface area contributed by atoms with E-state index in [0.29, 0.717) is 12.0 Å². The van der Waals surface area contributed by atoms with E-state index in [1.54, 1.807) is 0 Å². The standard InChI is InChI=1S/C13H24O2/c1-4-10-8-13(3,14)11-6-5-9(2)7-12(11)15-10/h9-12,14H,4-8H2,1-3H3/t9?,10?,11?,12?,13-/m1/s1. The van der Waals surface area contributed by atoms with Gasteiger partial charge < -0.3 is 9.84 Å². The average Bonchev–Trinajstić information content (AvgIpc) is 2.15. The lowest BCUT2D eigenvalue weighted by Gasteiger charge is -2.49. The van der Waals surface area contributed by atoms with Crippen molar-refractivity contribution in [2.75, 3.05) is 0 Å². The molecule has 2 fully saturated rings. The van der Waals surface area contributed by atoms with Crippen LogP contribution in [-0.2, 0) is 4.74 Å². The first-order valence-corrected chi connectivity index (χ1v) is 6.40. The molecule has 0 bridgehead atoms. The fourth-order valence-electron chi connectivity index (χ4n) is 3.34. The highest BCUT2D eigenvalue weighted by Gasteiger charge is 2.46. The first-order chi connectivity index (χ1) is 7.03. The third-order valence-corrected chi connectivity index (χ3v) is 4.32. The Morgan fingerprint density at radius 1 is 1.40 bits per heavy atom. The molecule has 5 atom stereocenters. The number of fused-ring (bicyclic) bond motifs is 1. The van der Waals surface area contributed by atoms with Crippen molar-refractivity contribution in [2.45, 2.75) is 70.7 Å². The van der Waals surface area contributed by atoms with Crippen LogP contribution in [0.25, 0.3) is 0 Å². The van der Waals surface area contributed by atoms with Crippen LogP contribution in [0, 0.1) is 11.8 Å². The quantitative estimate of drug-likeness (QED) is 0.724. The van der Waals surface area contributed by atoms with Gasteiger partial charge in [0, 0.05) is 12.3 Å². The van der Waals surface area contributed by atoms with Gasteiger partial charge in [-0.1, -0.05) is 20.3 Å². The summed E-state index contributed by atoms with van der Waals surface area (Å²) in [6.07, 6.45) is 5.94. The Morgan fingerprint density at radius 3 is 2.80 bits per heavy atom. The summed E-state index contributed by atoms with van der Waals surface area (Å²) >= 11 is 0. The predicted molar refractivity (Wildman–Crippen MR) is 60.7 cm³/mol. The fourth-order valence-corrected chi connectivity index (χ4v) is 3.34. The van der Waals surface area contributed by atoms with Crippen LogP contribution in [-0.4, -0.2) is 22.9 Å². The maximum absolute atomic E-state index is 10.5. The molecule has 88 valence electrons. The van der Waals surface area contributed by atoms with Gasteiger partial charge >= 0.3 is 0 Å². The Hall–Kier alpha value is -0.0800. The van der Waals surface area contributed by atoms with Crippen LogP contribution in [0.15, 0.2) is 0 Å². The van der Waals surface area contributed by atoms with E-state index in [2.05, 4.69) is 13.8 Å². The molecule has 0 amide bonds. The van der Waals surface area contributed by atoms with Crippen LogP contribution >= 0.6 is 0 Å². The summed E-state index contributed by atoms with van der Waals surface area (Å²) in [5.41, 5.74) is -0.496. The summed E-state index contributed by atoms with van der Waals surface area (Å²) in [6.45, 7) is 6.45. The fraction of sp³-hybridized carbons (Fsp3) is 1.00. The summed E-state index contributed by atoms with van der Waals surface area (Å²) in [5, 5.41) is 10.5.